The number of hydrogen-bond donors (Lipinski definition) is 1. The van der Waals surface area contributed by atoms with Gasteiger partial charge in [0.2, 0.25) is 0 Å². The molecule has 0 heterocycles. The molecule has 4 nitrogen and oxygen atoms in total. The Morgan fingerprint density at radius 3 is 2.60 bits per heavy atom. The summed E-state index contributed by atoms with van der Waals surface area (Å²) < 4.78 is 4.64. The Kier molecular flexibility index (Phi) is 8.33. The normalized spacial score (nSPS) is 12.9. The lowest BCUT2D eigenvalue weighted by atomic mass is 10.2. The van der Waals surface area contributed by atoms with E-state index < -0.39 is 0 Å². The maximum Gasteiger partial charge on any atom is 0.309 e. The van der Waals surface area contributed by atoms with Crippen LogP contribution in [0.5, 0.6) is 0 Å². The van der Waals surface area contributed by atoms with Gasteiger partial charge in [-0.15, -0.1) is 0 Å². The van der Waals surface area contributed by atoms with E-state index in [4.69, 9.17) is 0 Å². The van der Waals surface area contributed by atoms with Crippen molar-refractivity contribution in [2.45, 2.75) is 19.8 Å². The lowest BCUT2D eigenvalue weighted by Crippen LogP contribution is -2.28. The fraction of sp³-hybridized carbons (Fsp3) is 0.909. The van der Waals surface area contributed by atoms with Gasteiger partial charge in [-0.1, -0.05) is 6.92 Å². The summed E-state index contributed by atoms with van der Waals surface area (Å²) in [4.78, 5) is 13.2. The quantitative estimate of drug-likeness (QED) is 0.480. The number of carbonyl (C=O) groups is 1. The predicted molar refractivity (Wildman–Crippen MR) is 61.8 cm³/mol. The van der Waals surface area contributed by atoms with Gasteiger partial charge in [0.25, 0.3) is 0 Å². The molecule has 0 aromatic carbocycles. The summed E-state index contributed by atoms with van der Waals surface area (Å²) in [5, 5.41) is 3.25. The third kappa shape index (κ3) is 8.39. The standard InChI is InChI=1S/C11H24N2O2/c1-10(11(14)15-4)9-12-7-5-6-8-13(2)3/h10,12H,5-9H2,1-4H3. The highest BCUT2D eigenvalue weighted by Crippen LogP contribution is 1.95. The van der Waals surface area contributed by atoms with Crippen molar-refractivity contribution in [3.8, 4) is 0 Å². The van der Waals surface area contributed by atoms with Crippen molar-refractivity contribution in [3.05, 3.63) is 0 Å². The number of hydrogen-bond acceptors (Lipinski definition) is 4. The molecule has 0 bridgehead atoms. The highest BCUT2D eigenvalue weighted by molar-refractivity contribution is 5.71. The summed E-state index contributed by atoms with van der Waals surface area (Å²) >= 11 is 0. The van der Waals surface area contributed by atoms with Gasteiger partial charge in [-0.3, -0.25) is 4.79 Å². The minimum atomic E-state index is -0.143. The minimum Gasteiger partial charge on any atom is -0.469 e. The number of methoxy groups -OCH3 is 1. The zero-order chi connectivity index (χ0) is 11.7. The molecule has 0 aliphatic carbocycles. The SMILES string of the molecule is COC(=O)C(C)CNCCCCN(C)C. The third-order valence-corrected chi connectivity index (χ3v) is 2.26. The summed E-state index contributed by atoms with van der Waals surface area (Å²) in [5.41, 5.74) is 0. The lowest BCUT2D eigenvalue weighted by molar-refractivity contribution is -0.144. The van der Waals surface area contributed by atoms with Gasteiger partial charge in [0.1, 0.15) is 0 Å². The molecule has 90 valence electrons. The average Bonchev–Trinajstić information content (AvgIpc) is 2.21. The van der Waals surface area contributed by atoms with Crippen molar-refractivity contribution in [2.75, 3.05) is 40.8 Å². The van der Waals surface area contributed by atoms with Crippen LogP contribution in [0.2, 0.25) is 0 Å². The summed E-state index contributed by atoms with van der Waals surface area (Å²) in [5.74, 6) is -0.195. The molecule has 0 aliphatic rings. The average molecular weight is 216 g/mol. The Balaban J connectivity index is 3.27. The van der Waals surface area contributed by atoms with Crippen LogP contribution in [-0.2, 0) is 9.53 Å². The number of nitrogens with zero attached hydrogens (tertiary/aromatic N) is 1. The fourth-order valence-electron chi connectivity index (χ4n) is 1.28. The molecule has 0 saturated heterocycles. The lowest BCUT2D eigenvalue weighted by Gasteiger charge is -2.11. The summed E-state index contributed by atoms with van der Waals surface area (Å²) in [7, 11) is 5.58. The predicted octanol–water partition coefficient (Wildman–Crippen LogP) is 0.727. The maximum absolute atomic E-state index is 11.1. The molecule has 0 aromatic heterocycles. The maximum atomic E-state index is 11.1. The van der Waals surface area contributed by atoms with Crippen molar-refractivity contribution >= 4 is 5.97 Å². The molecule has 1 atom stereocenters. The summed E-state index contributed by atoms with van der Waals surface area (Å²) in [6.07, 6.45) is 2.33. The number of rotatable bonds is 8. The van der Waals surface area contributed by atoms with E-state index in [9.17, 15) is 4.79 Å². The second-order valence-electron chi connectivity index (χ2n) is 4.14. The van der Waals surface area contributed by atoms with E-state index in [0.717, 1.165) is 19.5 Å². The zero-order valence-corrected chi connectivity index (χ0v) is 10.4. The molecule has 0 radical (unpaired) electrons. The summed E-state index contributed by atoms with van der Waals surface area (Å²) in [6.45, 7) is 4.66. The Morgan fingerprint density at radius 1 is 1.40 bits per heavy atom. The van der Waals surface area contributed by atoms with Crippen molar-refractivity contribution in [1.82, 2.24) is 10.2 Å². The largest absolute Gasteiger partial charge is 0.469 e. The van der Waals surface area contributed by atoms with Crippen LogP contribution in [0.3, 0.4) is 0 Å². The number of esters is 1. The van der Waals surface area contributed by atoms with Gasteiger partial charge in [0.15, 0.2) is 0 Å². The molecule has 0 rings (SSSR count). The van der Waals surface area contributed by atoms with Crippen LogP contribution < -0.4 is 5.32 Å². The van der Waals surface area contributed by atoms with Crippen LogP contribution in [0.25, 0.3) is 0 Å². The Labute approximate surface area is 93.0 Å². The molecule has 1 unspecified atom stereocenters. The first-order valence-corrected chi connectivity index (χ1v) is 5.51. The first kappa shape index (κ1) is 14.4. The molecular weight excluding hydrogens is 192 g/mol. The molecule has 0 saturated carbocycles. The second kappa shape index (κ2) is 8.68. The van der Waals surface area contributed by atoms with Crippen LogP contribution in [0.1, 0.15) is 19.8 Å². The van der Waals surface area contributed by atoms with Crippen LogP contribution in [0.15, 0.2) is 0 Å². The van der Waals surface area contributed by atoms with E-state index in [1.807, 2.05) is 6.92 Å². The number of ether oxygens (including phenoxy) is 1. The van der Waals surface area contributed by atoms with Crippen LogP contribution in [0.4, 0.5) is 0 Å². The second-order valence-corrected chi connectivity index (χ2v) is 4.14. The molecular formula is C11H24N2O2. The molecule has 4 heteroatoms. The zero-order valence-electron chi connectivity index (χ0n) is 10.4. The molecule has 0 aliphatic heterocycles. The van der Waals surface area contributed by atoms with Crippen molar-refractivity contribution < 1.29 is 9.53 Å². The van der Waals surface area contributed by atoms with Gasteiger partial charge in [-0.05, 0) is 40.0 Å². The highest BCUT2D eigenvalue weighted by atomic mass is 16.5. The summed E-state index contributed by atoms with van der Waals surface area (Å²) in [6, 6.07) is 0. The van der Waals surface area contributed by atoms with Gasteiger partial charge in [0.05, 0.1) is 13.0 Å². The minimum absolute atomic E-state index is 0.0520. The number of unbranched alkanes of at least 4 members (excludes halogenated alkanes) is 1. The molecule has 1 N–H and O–H groups in total. The molecule has 0 aromatic rings. The van der Waals surface area contributed by atoms with E-state index >= 15 is 0 Å². The Morgan fingerprint density at radius 2 is 2.07 bits per heavy atom. The van der Waals surface area contributed by atoms with E-state index in [1.54, 1.807) is 0 Å². The van der Waals surface area contributed by atoms with Crippen LogP contribution in [0, 0.1) is 5.92 Å². The highest BCUT2D eigenvalue weighted by Gasteiger charge is 2.11. The van der Waals surface area contributed by atoms with Gasteiger partial charge in [-0.25, -0.2) is 0 Å². The monoisotopic (exact) mass is 216 g/mol. The van der Waals surface area contributed by atoms with E-state index in [1.165, 1.54) is 13.5 Å². The van der Waals surface area contributed by atoms with Gasteiger partial charge in [0, 0.05) is 6.54 Å². The third-order valence-electron chi connectivity index (χ3n) is 2.26. The Hall–Kier alpha value is -0.610. The molecule has 0 fully saturated rings. The van der Waals surface area contributed by atoms with E-state index in [-0.39, 0.29) is 11.9 Å². The van der Waals surface area contributed by atoms with Gasteiger partial charge >= 0.3 is 5.97 Å². The smallest absolute Gasteiger partial charge is 0.309 e. The van der Waals surface area contributed by atoms with E-state index in [2.05, 4.69) is 29.0 Å². The van der Waals surface area contributed by atoms with Crippen LogP contribution >= 0.6 is 0 Å². The first-order valence-electron chi connectivity index (χ1n) is 5.51. The number of carbonyl (C=O) groups excluding carboxylic acids is 1. The van der Waals surface area contributed by atoms with Gasteiger partial charge in [-0.2, -0.15) is 0 Å². The molecule has 0 spiro atoms. The topological polar surface area (TPSA) is 41.6 Å². The molecule has 0 amide bonds. The van der Waals surface area contributed by atoms with Gasteiger partial charge < -0.3 is 15.0 Å². The fourth-order valence-corrected chi connectivity index (χ4v) is 1.28. The molecule has 15 heavy (non-hydrogen) atoms. The van der Waals surface area contributed by atoms with Crippen molar-refractivity contribution in [3.63, 3.8) is 0 Å². The Bertz CT molecular complexity index is 172. The van der Waals surface area contributed by atoms with Crippen LogP contribution in [-0.4, -0.2) is 51.7 Å². The first-order chi connectivity index (χ1) is 7.07. The van der Waals surface area contributed by atoms with E-state index in [0.29, 0.717) is 6.54 Å². The van der Waals surface area contributed by atoms with Crippen molar-refractivity contribution in [2.24, 2.45) is 5.92 Å². The number of nitrogens with one attached hydrogen (secondary N) is 1. The van der Waals surface area contributed by atoms with Crippen molar-refractivity contribution in [1.29, 1.82) is 0 Å².